The van der Waals surface area contributed by atoms with E-state index in [-0.39, 0.29) is 6.03 Å². The van der Waals surface area contributed by atoms with E-state index in [2.05, 4.69) is 25.7 Å². The fourth-order valence-electron chi connectivity index (χ4n) is 3.68. The third-order valence-corrected chi connectivity index (χ3v) is 5.39. The Morgan fingerprint density at radius 3 is 2.50 bits per heavy atom. The van der Waals surface area contributed by atoms with Crippen molar-refractivity contribution in [3.8, 4) is 11.3 Å². The van der Waals surface area contributed by atoms with Gasteiger partial charge in [0, 0.05) is 30.0 Å². The van der Waals surface area contributed by atoms with E-state index in [1.807, 2.05) is 68.4 Å². The lowest BCUT2D eigenvalue weighted by Gasteiger charge is -2.27. The van der Waals surface area contributed by atoms with E-state index in [0.29, 0.717) is 5.69 Å². The number of hydrogen-bond acceptors (Lipinski definition) is 4. The lowest BCUT2D eigenvalue weighted by molar-refractivity contribution is 0.262. The van der Waals surface area contributed by atoms with Gasteiger partial charge in [-0.15, -0.1) is 10.2 Å². The maximum atomic E-state index is 12.5. The third kappa shape index (κ3) is 4.76. The van der Waals surface area contributed by atoms with E-state index in [1.54, 1.807) is 0 Å². The van der Waals surface area contributed by atoms with Crippen molar-refractivity contribution in [2.45, 2.75) is 33.1 Å². The topological polar surface area (TPSA) is 70.2 Å². The van der Waals surface area contributed by atoms with Crippen molar-refractivity contribution in [3.05, 3.63) is 65.7 Å². The zero-order valence-electron chi connectivity index (χ0n) is 17.5. The molecule has 1 aliphatic heterocycles. The summed E-state index contributed by atoms with van der Waals surface area (Å²) in [6, 6.07) is 17.4. The maximum Gasteiger partial charge on any atom is 0.323 e. The highest BCUT2D eigenvalue weighted by Gasteiger charge is 2.13. The molecule has 0 atom stereocenters. The minimum absolute atomic E-state index is 0.271. The molecule has 30 heavy (non-hydrogen) atoms. The van der Waals surface area contributed by atoms with Crippen LogP contribution in [-0.2, 0) is 0 Å². The minimum atomic E-state index is -0.271. The molecule has 2 N–H and O–H groups in total. The van der Waals surface area contributed by atoms with Gasteiger partial charge in [-0.3, -0.25) is 0 Å². The second-order valence-electron chi connectivity index (χ2n) is 7.80. The number of nitrogens with one attached hydrogen (secondary N) is 2. The summed E-state index contributed by atoms with van der Waals surface area (Å²) in [6.45, 7) is 6.07. The lowest BCUT2D eigenvalue weighted by atomic mass is 10.1. The number of anilines is 3. The van der Waals surface area contributed by atoms with Crippen LogP contribution in [-0.4, -0.2) is 29.3 Å². The fraction of sp³-hybridized carbons (Fsp3) is 0.292. The summed E-state index contributed by atoms with van der Waals surface area (Å²) in [5.74, 6) is 0.931. The highest BCUT2D eigenvalue weighted by atomic mass is 16.2. The van der Waals surface area contributed by atoms with E-state index in [0.717, 1.165) is 47.0 Å². The molecule has 6 heteroatoms. The first-order valence-corrected chi connectivity index (χ1v) is 10.4. The molecule has 6 nitrogen and oxygen atoms in total. The Balaban J connectivity index is 1.44. The van der Waals surface area contributed by atoms with Crippen LogP contribution < -0.4 is 15.5 Å². The van der Waals surface area contributed by atoms with Gasteiger partial charge in [0.15, 0.2) is 5.82 Å². The summed E-state index contributed by atoms with van der Waals surface area (Å²) in [7, 11) is 0. The molecule has 0 bridgehead atoms. The number of nitrogens with zero attached hydrogens (tertiary/aromatic N) is 3. The van der Waals surface area contributed by atoms with Gasteiger partial charge >= 0.3 is 6.03 Å². The van der Waals surface area contributed by atoms with Crippen LogP contribution in [0, 0.1) is 13.8 Å². The van der Waals surface area contributed by atoms with Crippen LogP contribution in [0.3, 0.4) is 0 Å². The molecule has 0 unspecified atom stereocenters. The van der Waals surface area contributed by atoms with Gasteiger partial charge in [0.1, 0.15) is 0 Å². The number of rotatable bonds is 4. The van der Waals surface area contributed by atoms with Gasteiger partial charge < -0.3 is 15.5 Å². The first kappa shape index (κ1) is 19.9. The molecule has 2 heterocycles. The molecular formula is C24H27N5O. The van der Waals surface area contributed by atoms with E-state index in [9.17, 15) is 4.79 Å². The zero-order chi connectivity index (χ0) is 20.9. The Labute approximate surface area is 177 Å². The molecule has 0 radical (unpaired) electrons. The van der Waals surface area contributed by atoms with Crippen LogP contribution in [0.5, 0.6) is 0 Å². The summed E-state index contributed by atoms with van der Waals surface area (Å²) in [6.07, 6.45) is 3.71. The van der Waals surface area contributed by atoms with Crippen LogP contribution in [0.1, 0.15) is 30.4 Å². The number of piperidine rings is 1. The van der Waals surface area contributed by atoms with Crippen molar-refractivity contribution in [1.29, 1.82) is 0 Å². The van der Waals surface area contributed by atoms with Crippen LogP contribution >= 0.6 is 0 Å². The van der Waals surface area contributed by atoms with Gasteiger partial charge in [0.25, 0.3) is 0 Å². The van der Waals surface area contributed by atoms with Crippen molar-refractivity contribution in [2.24, 2.45) is 0 Å². The number of urea groups is 1. The molecule has 2 amide bonds. The number of carbonyl (C=O) groups is 1. The second-order valence-corrected chi connectivity index (χ2v) is 7.80. The number of aromatic nitrogens is 2. The lowest BCUT2D eigenvalue weighted by Crippen LogP contribution is -2.30. The van der Waals surface area contributed by atoms with E-state index in [1.165, 1.54) is 19.3 Å². The first-order chi connectivity index (χ1) is 14.6. The van der Waals surface area contributed by atoms with E-state index < -0.39 is 0 Å². The van der Waals surface area contributed by atoms with E-state index >= 15 is 0 Å². The molecular weight excluding hydrogens is 374 g/mol. The van der Waals surface area contributed by atoms with Crippen molar-refractivity contribution < 1.29 is 4.79 Å². The predicted octanol–water partition coefficient (Wildman–Crippen LogP) is 5.39. The zero-order valence-corrected chi connectivity index (χ0v) is 17.5. The second kappa shape index (κ2) is 8.95. The Hall–Kier alpha value is -3.41. The number of aryl methyl sites for hydroxylation is 2. The quantitative estimate of drug-likeness (QED) is 0.614. The smallest absolute Gasteiger partial charge is 0.323 e. The van der Waals surface area contributed by atoms with Gasteiger partial charge in [-0.1, -0.05) is 24.3 Å². The molecule has 2 aromatic carbocycles. The highest BCUT2D eigenvalue weighted by molar-refractivity contribution is 6.00. The summed E-state index contributed by atoms with van der Waals surface area (Å²) >= 11 is 0. The summed E-state index contributed by atoms with van der Waals surface area (Å²) in [5, 5.41) is 14.7. The van der Waals surface area contributed by atoms with Crippen LogP contribution in [0.15, 0.2) is 54.6 Å². The number of benzene rings is 2. The summed E-state index contributed by atoms with van der Waals surface area (Å²) in [5.41, 5.74) is 5.34. The Morgan fingerprint density at radius 1 is 0.900 bits per heavy atom. The molecule has 1 fully saturated rings. The van der Waals surface area contributed by atoms with Crippen molar-refractivity contribution in [3.63, 3.8) is 0 Å². The summed E-state index contributed by atoms with van der Waals surface area (Å²) in [4.78, 5) is 14.7. The van der Waals surface area contributed by atoms with Gasteiger partial charge in [0.05, 0.1) is 5.69 Å². The van der Waals surface area contributed by atoms with Crippen LogP contribution in [0.25, 0.3) is 11.3 Å². The third-order valence-electron chi connectivity index (χ3n) is 5.39. The Kier molecular flexibility index (Phi) is 5.93. The average molecular weight is 402 g/mol. The first-order valence-electron chi connectivity index (χ1n) is 10.4. The molecule has 1 aliphatic rings. The Bertz CT molecular complexity index is 1030. The Morgan fingerprint density at radius 2 is 1.73 bits per heavy atom. The molecule has 0 aliphatic carbocycles. The van der Waals surface area contributed by atoms with Crippen LogP contribution in [0.4, 0.5) is 22.0 Å². The number of hydrogen-bond donors (Lipinski definition) is 2. The fourth-order valence-corrected chi connectivity index (χ4v) is 3.68. The molecule has 3 aromatic rings. The van der Waals surface area contributed by atoms with Crippen molar-refractivity contribution in [2.75, 3.05) is 28.6 Å². The molecule has 0 saturated carbocycles. The highest BCUT2D eigenvalue weighted by Crippen LogP contribution is 2.23. The maximum absolute atomic E-state index is 12.5. The van der Waals surface area contributed by atoms with Crippen LogP contribution in [0.2, 0.25) is 0 Å². The molecule has 154 valence electrons. The van der Waals surface area contributed by atoms with Crippen molar-refractivity contribution in [1.82, 2.24) is 10.2 Å². The van der Waals surface area contributed by atoms with E-state index in [4.69, 9.17) is 0 Å². The molecule has 1 saturated heterocycles. The van der Waals surface area contributed by atoms with Gasteiger partial charge in [0.2, 0.25) is 0 Å². The standard InChI is InChI=1S/C24H27N5O/c1-17-9-10-18(2)22(15-17)26-24(30)25-20-8-6-7-19(16-20)21-11-12-23(28-27-21)29-13-4-3-5-14-29/h6-12,15-16H,3-5,13-14H2,1-2H3,(H2,25,26,30). The molecule has 1 aromatic heterocycles. The predicted molar refractivity (Wildman–Crippen MR) is 122 cm³/mol. The number of amides is 2. The number of carbonyl (C=O) groups excluding carboxylic acids is 1. The summed E-state index contributed by atoms with van der Waals surface area (Å²) < 4.78 is 0. The van der Waals surface area contributed by atoms with Gasteiger partial charge in [-0.05, 0) is 74.6 Å². The molecule has 0 spiro atoms. The largest absolute Gasteiger partial charge is 0.355 e. The minimum Gasteiger partial charge on any atom is -0.355 e. The van der Waals surface area contributed by atoms with Crippen molar-refractivity contribution >= 4 is 23.2 Å². The van der Waals surface area contributed by atoms with Gasteiger partial charge in [-0.25, -0.2) is 4.79 Å². The normalized spacial score (nSPS) is 13.7. The monoisotopic (exact) mass is 401 g/mol. The van der Waals surface area contributed by atoms with Gasteiger partial charge in [-0.2, -0.15) is 0 Å². The molecule has 4 rings (SSSR count). The SMILES string of the molecule is Cc1ccc(C)c(NC(=O)Nc2cccc(-c3ccc(N4CCCCC4)nn3)c2)c1. The average Bonchev–Trinajstić information content (AvgIpc) is 2.77.